The van der Waals surface area contributed by atoms with Gasteiger partial charge in [-0.2, -0.15) is 0 Å². The second kappa shape index (κ2) is 7.67. The number of nitrogens with zero attached hydrogens (tertiary/aromatic N) is 1. The minimum absolute atomic E-state index is 0.111. The van der Waals surface area contributed by atoms with Gasteiger partial charge in [-0.3, -0.25) is 19.1 Å². The molecule has 0 bridgehead atoms. The van der Waals surface area contributed by atoms with Gasteiger partial charge < -0.3 is 14.6 Å². The first-order valence-corrected chi connectivity index (χ1v) is 8.68. The van der Waals surface area contributed by atoms with Crippen LogP contribution < -0.4 is 11.2 Å². The Bertz CT molecular complexity index is 776. The molecule has 25 heavy (non-hydrogen) atoms. The molecule has 2 rings (SSSR count). The predicted octanol–water partition coefficient (Wildman–Crippen LogP) is 1.14. The van der Waals surface area contributed by atoms with Crippen LogP contribution in [0.15, 0.2) is 20.8 Å². The van der Waals surface area contributed by atoms with E-state index in [4.69, 9.17) is 9.47 Å². The van der Waals surface area contributed by atoms with Crippen molar-refractivity contribution >= 4 is 28.0 Å². The fourth-order valence-electron chi connectivity index (χ4n) is 2.31. The largest absolute Gasteiger partial charge is 0.462 e. The van der Waals surface area contributed by atoms with Crippen LogP contribution in [0.4, 0.5) is 0 Å². The fraction of sp³-hybridized carbons (Fsp3) is 0.562. The molecule has 9 heteroatoms. The van der Waals surface area contributed by atoms with E-state index in [0.29, 0.717) is 0 Å². The summed E-state index contributed by atoms with van der Waals surface area (Å²) in [5.74, 6) is -0.405. The van der Waals surface area contributed by atoms with Gasteiger partial charge in [-0.25, -0.2) is 4.79 Å². The number of nitrogens with one attached hydrogen (secondary N) is 1. The van der Waals surface area contributed by atoms with Crippen molar-refractivity contribution in [2.75, 3.05) is 6.61 Å². The molecule has 138 valence electrons. The van der Waals surface area contributed by atoms with E-state index < -0.39 is 41.1 Å². The Morgan fingerprint density at radius 3 is 2.80 bits per heavy atom. The molecule has 1 aromatic rings. The van der Waals surface area contributed by atoms with Crippen molar-refractivity contribution in [1.29, 1.82) is 0 Å². The lowest BCUT2D eigenvalue weighted by atomic mass is 9.97. The average molecular weight is 417 g/mol. The van der Waals surface area contributed by atoms with Crippen LogP contribution in [0.5, 0.6) is 0 Å². The third-order valence-electron chi connectivity index (χ3n) is 3.74. The van der Waals surface area contributed by atoms with Gasteiger partial charge in [0.1, 0.15) is 18.9 Å². The quantitative estimate of drug-likeness (QED) is 0.711. The lowest BCUT2D eigenvalue weighted by Crippen LogP contribution is -2.34. The summed E-state index contributed by atoms with van der Waals surface area (Å²) in [6.07, 6.45) is 0.584. The van der Waals surface area contributed by atoms with Crippen LogP contribution >= 0.6 is 15.9 Å². The summed E-state index contributed by atoms with van der Waals surface area (Å²) in [6.45, 7) is 5.06. The SMILES string of the molecule is CC(C)(C)C(=O)OC[C@H]1O[C@@H](n2cc(/C=C/Br)c(=O)[nH]c2=O)C[C@@H]1O. The predicted molar refractivity (Wildman–Crippen MR) is 94.2 cm³/mol. The van der Waals surface area contributed by atoms with Gasteiger partial charge in [0.05, 0.1) is 17.1 Å². The van der Waals surface area contributed by atoms with E-state index in [9.17, 15) is 19.5 Å². The van der Waals surface area contributed by atoms with E-state index >= 15 is 0 Å². The zero-order valence-electron chi connectivity index (χ0n) is 14.2. The number of ether oxygens (including phenoxy) is 2. The highest BCUT2D eigenvalue weighted by Crippen LogP contribution is 2.28. The summed E-state index contributed by atoms with van der Waals surface area (Å²) >= 11 is 3.08. The van der Waals surface area contributed by atoms with Gasteiger partial charge in [0.2, 0.25) is 0 Å². The monoisotopic (exact) mass is 416 g/mol. The number of aliphatic hydroxyl groups is 1. The third kappa shape index (κ3) is 4.68. The van der Waals surface area contributed by atoms with Gasteiger partial charge in [-0.1, -0.05) is 15.9 Å². The summed E-state index contributed by atoms with van der Waals surface area (Å²) in [6, 6.07) is 0. The summed E-state index contributed by atoms with van der Waals surface area (Å²) in [4.78, 5) is 39.2. The lowest BCUT2D eigenvalue weighted by Gasteiger charge is -2.20. The molecule has 2 heterocycles. The number of hydrogen-bond acceptors (Lipinski definition) is 6. The summed E-state index contributed by atoms with van der Waals surface area (Å²) in [5, 5.41) is 10.1. The molecule has 0 aromatic carbocycles. The second-order valence-corrected chi connectivity index (χ2v) is 7.35. The Morgan fingerprint density at radius 2 is 2.20 bits per heavy atom. The lowest BCUT2D eigenvalue weighted by molar-refractivity contribution is -0.159. The number of rotatable bonds is 4. The molecule has 1 fully saturated rings. The van der Waals surface area contributed by atoms with Crippen molar-refractivity contribution in [2.24, 2.45) is 5.41 Å². The van der Waals surface area contributed by atoms with Gasteiger partial charge in [0.15, 0.2) is 0 Å². The van der Waals surface area contributed by atoms with Crippen molar-refractivity contribution in [3.8, 4) is 0 Å². The molecule has 1 saturated heterocycles. The number of carbonyl (C=O) groups excluding carboxylic acids is 1. The van der Waals surface area contributed by atoms with Crippen LogP contribution in [0, 0.1) is 5.41 Å². The summed E-state index contributed by atoms with van der Waals surface area (Å²) in [7, 11) is 0. The van der Waals surface area contributed by atoms with Crippen molar-refractivity contribution < 1.29 is 19.4 Å². The highest BCUT2D eigenvalue weighted by molar-refractivity contribution is 9.11. The molecule has 1 aliphatic rings. The van der Waals surface area contributed by atoms with E-state index in [1.807, 2.05) is 0 Å². The Hall–Kier alpha value is -1.71. The molecule has 3 atom stereocenters. The molecule has 1 aromatic heterocycles. The van der Waals surface area contributed by atoms with Crippen LogP contribution in [-0.4, -0.2) is 39.4 Å². The smallest absolute Gasteiger partial charge is 0.330 e. The standard InChI is InChI=1S/C16H21BrN2O6/c1-16(2,3)14(22)24-8-11-10(20)6-12(25-11)19-7-9(4-5-17)13(21)18-15(19)23/h4-5,7,10-12,20H,6,8H2,1-3H3,(H,18,21,23)/b5-4+/t10-,11+,12+/m0/s1. The topological polar surface area (TPSA) is 111 Å². The average Bonchev–Trinajstić information content (AvgIpc) is 2.87. The molecule has 0 spiro atoms. The van der Waals surface area contributed by atoms with Gasteiger partial charge in [-0.15, -0.1) is 0 Å². The minimum atomic E-state index is -0.897. The van der Waals surface area contributed by atoms with E-state index in [1.54, 1.807) is 20.8 Å². The first-order chi connectivity index (χ1) is 11.6. The van der Waals surface area contributed by atoms with Crippen LogP contribution in [0.25, 0.3) is 6.08 Å². The first kappa shape index (κ1) is 19.6. The van der Waals surface area contributed by atoms with Crippen molar-refractivity contribution in [3.63, 3.8) is 0 Å². The number of esters is 1. The maximum absolute atomic E-state index is 12.0. The number of aromatic nitrogens is 2. The summed E-state index contributed by atoms with van der Waals surface area (Å²) in [5.41, 5.74) is -1.56. The molecule has 0 amide bonds. The zero-order valence-corrected chi connectivity index (χ0v) is 15.8. The molecule has 0 saturated carbocycles. The zero-order chi connectivity index (χ0) is 18.8. The van der Waals surface area contributed by atoms with Crippen molar-refractivity contribution in [1.82, 2.24) is 9.55 Å². The van der Waals surface area contributed by atoms with E-state index in [2.05, 4.69) is 20.9 Å². The molecule has 0 unspecified atom stereocenters. The maximum Gasteiger partial charge on any atom is 0.330 e. The molecular formula is C16H21BrN2O6. The van der Waals surface area contributed by atoms with E-state index in [-0.39, 0.29) is 18.6 Å². The van der Waals surface area contributed by atoms with Crippen LogP contribution in [-0.2, 0) is 14.3 Å². The number of halogens is 1. The van der Waals surface area contributed by atoms with Crippen LogP contribution in [0.2, 0.25) is 0 Å². The van der Waals surface area contributed by atoms with Crippen molar-refractivity contribution in [3.05, 3.63) is 37.6 Å². The Kier molecular flexibility index (Phi) is 6.02. The number of H-pyrrole nitrogens is 1. The minimum Gasteiger partial charge on any atom is -0.462 e. The number of carbonyl (C=O) groups is 1. The van der Waals surface area contributed by atoms with Gasteiger partial charge in [-0.05, 0) is 31.8 Å². The second-order valence-electron chi connectivity index (χ2n) is 6.82. The summed E-state index contributed by atoms with van der Waals surface area (Å²) < 4.78 is 12.0. The molecule has 0 aliphatic carbocycles. The number of aliphatic hydroxyl groups excluding tert-OH is 1. The molecular weight excluding hydrogens is 396 g/mol. The van der Waals surface area contributed by atoms with Crippen molar-refractivity contribution in [2.45, 2.75) is 45.6 Å². The van der Waals surface area contributed by atoms with E-state index in [1.165, 1.54) is 21.8 Å². The normalized spacial score (nSPS) is 24.0. The van der Waals surface area contributed by atoms with Gasteiger partial charge in [0, 0.05) is 12.6 Å². The van der Waals surface area contributed by atoms with E-state index in [0.717, 1.165) is 0 Å². The van der Waals surface area contributed by atoms with Gasteiger partial charge in [0.25, 0.3) is 5.56 Å². The van der Waals surface area contributed by atoms with Gasteiger partial charge >= 0.3 is 11.7 Å². The Balaban J connectivity index is 2.13. The fourth-order valence-corrected chi connectivity index (χ4v) is 2.60. The highest BCUT2D eigenvalue weighted by Gasteiger charge is 2.37. The highest BCUT2D eigenvalue weighted by atomic mass is 79.9. The Labute approximate surface area is 152 Å². The molecule has 8 nitrogen and oxygen atoms in total. The molecule has 2 N–H and O–H groups in total. The van der Waals surface area contributed by atoms with Crippen LogP contribution in [0.1, 0.15) is 39.0 Å². The maximum atomic E-state index is 12.0. The third-order valence-corrected chi connectivity index (χ3v) is 4.01. The first-order valence-electron chi connectivity index (χ1n) is 7.76. The number of aromatic amines is 1. The molecule has 0 radical (unpaired) electrons. The van der Waals surface area contributed by atoms with Crippen LogP contribution in [0.3, 0.4) is 0 Å². The number of hydrogen-bond donors (Lipinski definition) is 2. The Morgan fingerprint density at radius 1 is 1.52 bits per heavy atom. The molecule has 1 aliphatic heterocycles.